The number of aryl methyl sites for hydroxylation is 1. The van der Waals surface area contributed by atoms with Crippen LogP contribution in [0, 0.1) is 0 Å². The van der Waals surface area contributed by atoms with Gasteiger partial charge >= 0.3 is 0 Å². The third-order valence-electron chi connectivity index (χ3n) is 3.64. The normalized spacial score (nSPS) is 19.7. The minimum atomic E-state index is 0.203. The highest BCUT2D eigenvalue weighted by atomic mass is 16.5. The van der Waals surface area contributed by atoms with Gasteiger partial charge in [-0.15, -0.1) is 0 Å². The van der Waals surface area contributed by atoms with Crippen molar-refractivity contribution in [3.8, 4) is 0 Å². The fourth-order valence-corrected chi connectivity index (χ4v) is 2.67. The first kappa shape index (κ1) is 11.7. The van der Waals surface area contributed by atoms with E-state index in [1.807, 2.05) is 0 Å². The second-order valence-corrected chi connectivity index (χ2v) is 4.97. The molecule has 0 amide bonds. The summed E-state index contributed by atoms with van der Waals surface area (Å²) < 4.78 is 8.16. The molecule has 3 heteroatoms. The lowest BCUT2D eigenvalue weighted by molar-refractivity contribution is 0.102. The molecular weight excluding hydrogens is 224 g/mol. The summed E-state index contributed by atoms with van der Waals surface area (Å²) in [4.78, 5) is 4.79. The van der Waals surface area contributed by atoms with Crippen molar-refractivity contribution in [1.29, 1.82) is 0 Å². The summed E-state index contributed by atoms with van der Waals surface area (Å²) in [6.45, 7) is 4.15. The molecule has 1 aliphatic rings. The van der Waals surface area contributed by atoms with E-state index >= 15 is 0 Å². The first-order valence-electron chi connectivity index (χ1n) is 6.97. The van der Waals surface area contributed by atoms with Gasteiger partial charge < -0.3 is 9.30 Å². The fraction of sp³-hybridized carbons (Fsp3) is 0.533. The number of ether oxygens (including phenoxy) is 1. The van der Waals surface area contributed by atoms with Crippen LogP contribution >= 0.6 is 0 Å². The summed E-state index contributed by atoms with van der Waals surface area (Å²) in [6, 6.07) is 8.40. The number of nitrogens with zero attached hydrogens (tertiary/aromatic N) is 2. The Morgan fingerprint density at radius 2 is 2.28 bits per heavy atom. The zero-order valence-corrected chi connectivity index (χ0v) is 10.9. The maximum atomic E-state index is 5.81. The Hall–Kier alpha value is -1.35. The van der Waals surface area contributed by atoms with E-state index in [1.54, 1.807) is 0 Å². The van der Waals surface area contributed by atoms with Crippen molar-refractivity contribution in [3.63, 3.8) is 0 Å². The average Bonchev–Trinajstić information content (AvgIpc) is 3.03. The van der Waals surface area contributed by atoms with Gasteiger partial charge in [-0.05, 0) is 31.4 Å². The van der Waals surface area contributed by atoms with Crippen LogP contribution in [0.25, 0.3) is 11.0 Å². The van der Waals surface area contributed by atoms with Crippen LogP contribution in [0.2, 0.25) is 0 Å². The molecule has 2 aromatic rings. The highest BCUT2D eigenvalue weighted by molar-refractivity contribution is 5.76. The van der Waals surface area contributed by atoms with Gasteiger partial charge in [0.15, 0.2) is 0 Å². The van der Waals surface area contributed by atoms with Gasteiger partial charge in [0.1, 0.15) is 11.9 Å². The fourth-order valence-electron chi connectivity index (χ4n) is 2.67. The SMILES string of the molecule is CCCCn1c([C@@H]2CCCO2)nc2ccccc21. The zero-order chi connectivity index (χ0) is 12.4. The molecule has 1 aliphatic heterocycles. The minimum absolute atomic E-state index is 0.203. The van der Waals surface area contributed by atoms with Crippen molar-refractivity contribution < 1.29 is 4.74 Å². The first-order valence-corrected chi connectivity index (χ1v) is 6.97. The van der Waals surface area contributed by atoms with Gasteiger partial charge in [0.2, 0.25) is 0 Å². The summed E-state index contributed by atoms with van der Waals surface area (Å²) in [5.74, 6) is 1.13. The monoisotopic (exact) mass is 244 g/mol. The quantitative estimate of drug-likeness (QED) is 0.820. The molecule has 0 saturated carbocycles. The van der Waals surface area contributed by atoms with Crippen LogP contribution in [-0.2, 0) is 11.3 Å². The highest BCUT2D eigenvalue weighted by Crippen LogP contribution is 2.30. The standard InChI is InChI=1S/C15H20N2O/c1-2-3-10-17-13-8-5-4-7-12(13)16-15(17)14-9-6-11-18-14/h4-5,7-8,14H,2-3,6,9-11H2,1H3/t14-/m0/s1. The molecule has 1 fully saturated rings. The van der Waals surface area contributed by atoms with Gasteiger partial charge in [0.05, 0.1) is 11.0 Å². The Kier molecular flexibility index (Phi) is 3.33. The van der Waals surface area contributed by atoms with Crippen LogP contribution in [-0.4, -0.2) is 16.2 Å². The van der Waals surface area contributed by atoms with Gasteiger partial charge in [-0.2, -0.15) is 0 Å². The molecular formula is C15H20N2O. The summed E-state index contributed by atoms with van der Waals surface area (Å²) in [5.41, 5.74) is 2.34. The van der Waals surface area contributed by atoms with E-state index < -0.39 is 0 Å². The van der Waals surface area contributed by atoms with Gasteiger partial charge in [0.25, 0.3) is 0 Å². The van der Waals surface area contributed by atoms with Crippen LogP contribution in [0.3, 0.4) is 0 Å². The zero-order valence-electron chi connectivity index (χ0n) is 10.9. The molecule has 96 valence electrons. The van der Waals surface area contributed by atoms with Crippen molar-refractivity contribution in [3.05, 3.63) is 30.1 Å². The molecule has 2 heterocycles. The molecule has 1 saturated heterocycles. The lowest BCUT2D eigenvalue weighted by atomic mass is 10.2. The highest BCUT2D eigenvalue weighted by Gasteiger charge is 2.24. The van der Waals surface area contributed by atoms with Crippen molar-refractivity contribution in [2.45, 2.75) is 45.3 Å². The third kappa shape index (κ3) is 2.03. The largest absolute Gasteiger partial charge is 0.370 e. The Balaban J connectivity index is 2.04. The number of fused-ring (bicyclic) bond motifs is 1. The van der Waals surface area contributed by atoms with Gasteiger partial charge in [0, 0.05) is 13.2 Å². The lowest BCUT2D eigenvalue weighted by Crippen LogP contribution is -2.08. The van der Waals surface area contributed by atoms with Crippen LogP contribution in [0.5, 0.6) is 0 Å². The van der Waals surface area contributed by atoms with Crippen molar-refractivity contribution in [2.75, 3.05) is 6.61 Å². The average molecular weight is 244 g/mol. The van der Waals surface area contributed by atoms with Crippen molar-refractivity contribution in [2.24, 2.45) is 0 Å². The van der Waals surface area contributed by atoms with Gasteiger partial charge in [-0.25, -0.2) is 4.98 Å². The number of para-hydroxylation sites is 2. The first-order chi connectivity index (χ1) is 8.90. The van der Waals surface area contributed by atoms with E-state index in [0.717, 1.165) is 37.3 Å². The maximum Gasteiger partial charge on any atom is 0.139 e. The topological polar surface area (TPSA) is 27.1 Å². The second-order valence-electron chi connectivity index (χ2n) is 4.97. The Labute approximate surface area is 108 Å². The number of aromatic nitrogens is 2. The lowest BCUT2D eigenvalue weighted by Gasteiger charge is -2.13. The van der Waals surface area contributed by atoms with Crippen LogP contribution in [0.1, 0.15) is 44.5 Å². The van der Waals surface area contributed by atoms with E-state index in [9.17, 15) is 0 Å². The molecule has 1 aromatic carbocycles. The molecule has 3 rings (SSSR count). The smallest absolute Gasteiger partial charge is 0.139 e. The van der Waals surface area contributed by atoms with E-state index in [0.29, 0.717) is 0 Å². The Bertz CT molecular complexity index is 526. The molecule has 0 N–H and O–H groups in total. The second kappa shape index (κ2) is 5.11. The number of hydrogen-bond donors (Lipinski definition) is 0. The number of rotatable bonds is 4. The molecule has 1 atom stereocenters. The summed E-state index contributed by atoms with van der Waals surface area (Å²) >= 11 is 0. The van der Waals surface area contributed by atoms with Crippen LogP contribution in [0.4, 0.5) is 0 Å². The van der Waals surface area contributed by atoms with E-state index in [4.69, 9.17) is 9.72 Å². The van der Waals surface area contributed by atoms with E-state index in [-0.39, 0.29) is 6.10 Å². The van der Waals surface area contributed by atoms with Crippen LogP contribution < -0.4 is 0 Å². The van der Waals surface area contributed by atoms with Crippen LogP contribution in [0.15, 0.2) is 24.3 Å². The number of imidazole rings is 1. The molecule has 18 heavy (non-hydrogen) atoms. The third-order valence-corrected chi connectivity index (χ3v) is 3.64. The number of unbranched alkanes of at least 4 members (excludes halogenated alkanes) is 1. The maximum absolute atomic E-state index is 5.81. The summed E-state index contributed by atoms with van der Waals surface area (Å²) in [6.07, 6.45) is 4.86. The molecule has 0 bridgehead atoms. The van der Waals surface area contributed by atoms with Crippen molar-refractivity contribution in [1.82, 2.24) is 9.55 Å². The van der Waals surface area contributed by atoms with Crippen molar-refractivity contribution >= 4 is 11.0 Å². The van der Waals surface area contributed by atoms with Gasteiger partial charge in [-0.3, -0.25) is 0 Å². The van der Waals surface area contributed by atoms with E-state index in [2.05, 4.69) is 35.8 Å². The molecule has 0 spiro atoms. The minimum Gasteiger partial charge on any atom is -0.370 e. The number of benzene rings is 1. The molecule has 0 aliphatic carbocycles. The Morgan fingerprint density at radius 1 is 1.39 bits per heavy atom. The predicted octanol–water partition coefficient (Wildman–Crippen LogP) is 3.69. The molecule has 1 aromatic heterocycles. The van der Waals surface area contributed by atoms with Gasteiger partial charge in [-0.1, -0.05) is 25.5 Å². The van der Waals surface area contributed by atoms with E-state index in [1.165, 1.54) is 18.4 Å². The molecule has 3 nitrogen and oxygen atoms in total. The molecule has 0 unspecified atom stereocenters. The Morgan fingerprint density at radius 3 is 3.06 bits per heavy atom. The summed E-state index contributed by atoms with van der Waals surface area (Å²) in [5, 5.41) is 0. The number of hydrogen-bond acceptors (Lipinski definition) is 2. The summed E-state index contributed by atoms with van der Waals surface area (Å²) in [7, 11) is 0. The molecule has 0 radical (unpaired) electrons. The predicted molar refractivity (Wildman–Crippen MR) is 72.6 cm³/mol.